The fraction of sp³-hybridized carbons (Fsp3) is 0.0909. The van der Waals surface area contributed by atoms with E-state index in [0.717, 1.165) is 29.8 Å². The van der Waals surface area contributed by atoms with Gasteiger partial charge in [0.2, 0.25) is 10.0 Å². The minimum absolute atomic E-state index is 0.0478. The van der Waals surface area contributed by atoms with Crippen molar-refractivity contribution in [2.75, 3.05) is 11.9 Å². The summed E-state index contributed by atoms with van der Waals surface area (Å²) in [5, 5.41) is 12.9. The van der Waals surface area contributed by atoms with Crippen molar-refractivity contribution in [2.24, 2.45) is 0 Å². The largest absolute Gasteiger partial charge is 0.452 e. The van der Waals surface area contributed by atoms with Crippen molar-refractivity contribution in [3.8, 4) is 0 Å². The van der Waals surface area contributed by atoms with Gasteiger partial charge in [-0.1, -0.05) is 36.4 Å². The highest BCUT2D eigenvalue weighted by Crippen LogP contribution is 2.21. The first-order valence-electron chi connectivity index (χ1n) is 9.70. The summed E-state index contributed by atoms with van der Waals surface area (Å²) in [5.41, 5.74) is -0.273. The lowest BCUT2D eigenvalue weighted by molar-refractivity contribution is -0.384. The van der Waals surface area contributed by atoms with E-state index in [1.165, 1.54) is 18.2 Å². The van der Waals surface area contributed by atoms with Gasteiger partial charge in [0.05, 0.1) is 21.1 Å². The van der Waals surface area contributed by atoms with Crippen molar-refractivity contribution in [2.45, 2.75) is 11.4 Å². The SMILES string of the molecule is O=C(COC(=O)c1cccc(S(=O)(=O)NCc2ccccc2)c1)Nc1cc([N+](=O)[O-])ccc1F. The lowest BCUT2D eigenvalue weighted by atomic mass is 10.2. The molecular weight excluding hydrogens is 469 g/mol. The van der Waals surface area contributed by atoms with E-state index in [4.69, 9.17) is 4.74 Å². The van der Waals surface area contributed by atoms with Crippen molar-refractivity contribution in [1.82, 2.24) is 4.72 Å². The van der Waals surface area contributed by atoms with Crippen LogP contribution in [0.5, 0.6) is 0 Å². The Morgan fingerprint density at radius 3 is 2.44 bits per heavy atom. The number of nitrogens with one attached hydrogen (secondary N) is 2. The van der Waals surface area contributed by atoms with Crippen LogP contribution in [0.25, 0.3) is 0 Å². The zero-order valence-corrected chi connectivity index (χ0v) is 18.3. The van der Waals surface area contributed by atoms with Crippen LogP contribution in [0, 0.1) is 15.9 Å². The van der Waals surface area contributed by atoms with Crippen LogP contribution in [0.4, 0.5) is 15.8 Å². The number of benzene rings is 3. The van der Waals surface area contributed by atoms with E-state index < -0.39 is 50.6 Å². The quantitative estimate of drug-likeness (QED) is 0.268. The summed E-state index contributed by atoms with van der Waals surface area (Å²) >= 11 is 0. The van der Waals surface area contributed by atoms with Crippen LogP contribution < -0.4 is 10.0 Å². The summed E-state index contributed by atoms with van der Waals surface area (Å²) in [6.45, 7) is -0.781. The smallest absolute Gasteiger partial charge is 0.338 e. The highest BCUT2D eigenvalue weighted by molar-refractivity contribution is 7.89. The molecule has 3 aromatic rings. The number of anilines is 1. The number of carbonyl (C=O) groups excluding carboxylic acids is 2. The number of hydrogen-bond acceptors (Lipinski definition) is 7. The second-order valence-electron chi connectivity index (χ2n) is 6.88. The fourth-order valence-electron chi connectivity index (χ4n) is 2.77. The molecule has 2 N–H and O–H groups in total. The number of nitro groups is 1. The predicted octanol–water partition coefficient (Wildman–Crippen LogP) is 3.01. The Bertz CT molecular complexity index is 1330. The predicted molar refractivity (Wildman–Crippen MR) is 119 cm³/mol. The molecule has 176 valence electrons. The maximum absolute atomic E-state index is 13.8. The number of esters is 1. The Morgan fingerprint density at radius 2 is 1.74 bits per heavy atom. The van der Waals surface area contributed by atoms with Gasteiger partial charge in [-0.2, -0.15) is 0 Å². The molecule has 0 heterocycles. The van der Waals surface area contributed by atoms with E-state index in [-0.39, 0.29) is 17.0 Å². The molecule has 3 rings (SSSR count). The second-order valence-corrected chi connectivity index (χ2v) is 8.65. The van der Waals surface area contributed by atoms with E-state index in [0.29, 0.717) is 0 Å². The molecule has 10 nitrogen and oxygen atoms in total. The second kappa shape index (κ2) is 10.6. The minimum Gasteiger partial charge on any atom is -0.452 e. The topological polar surface area (TPSA) is 145 Å². The Balaban J connectivity index is 1.61. The van der Waals surface area contributed by atoms with Gasteiger partial charge < -0.3 is 10.1 Å². The molecule has 3 aromatic carbocycles. The Morgan fingerprint density at radius 1 is 1.00 bits per heavy atom. The molecule has 0 fully saturated rings. The third-order valence-electron chi connectivity index (χ3n) is 4.46. The summed E-state index contributed by atoms with van der Waals surface area (Å²) in [7, 11) is -3.94. The molecule has 12 heteroatoms. The summed E-state index contributed by atoms with van der Waals surface area (Å²) in [5.74, 6) is -2.85. The summed E-state index contributed by atoms with van der Waals surface area (Å²) in [4.78, 5) is 34.1. The maximum Gasteiger partial charge on any atom is 0.338 e. The van der Waals surface area contributed by atoms with E-state index in [9.17, 15) is 32.5 Å². The molecule has 0 radical (unpaired) electrons. The van der Waals surface area contributed by atoms with Gasteiger partial charge in [-0.15, -0.1) is 0 Å². The van der Waals surface area contributed by atoms with Gasteiger partial charge in [0.15, 0.2) is 6.61 Å². The number of hydrogen-bond donors (Lipinski definition) is 2. The molecule has 0 spiro atoms. The number of nitro benzene ring substituents is 1. The van der Waals surface area contributed by atoms with Gasteiger partial charge in [0.1, 0.15) is 5.82 Å². The van der Waals surface area contributed by atoms with Crippen molar-refractivity contribution >= 4 is 33.3 Å². The summed E-state index contributed by atoms with van der Waals surface area (Å²) in [6.07, 6.45) is 0. The lowest BCUT2D eigenvalue weighted by Crippen LogP contribution is -2.24. The van der Waals surface area contributed by atoms with Crippen LogP contribution in [-0.4, -0.2) is 31.8 Å². The number of non-ortho nitro benzene ring substituents is 1. The first-order chi connectivity index (χ1) is 16.2. The Hall–Kier alpha value is -4.16. The minimum atomic E-state index is -3.94. The molecule has 1 amide bonds. The van der Waals surface area contributed by atoms with E-state index in [1.807, 2.05) is 0 Å². The van der Waals surface area contributed by atoms with Gasteiger partial charge in [-0.3, -0.25) is 14.9 Å². The van der Waals surface area contributed by atoms with Gasteiger partial charge >= 0.3 is 5.97 Å². The maximum atomic E-state index is 13.8. The number of sulfonamides is 1. The van der Waals surface area contributed by atoms with Gasteiger partial charge in [-0.05, 0) is 29.8 Å². The third-order valence-corrected chi connectivity index (χ3v) is 5.86. The molecule has 0 aliphatic carbocycles. The average Bonchev–Trinajstić information content (AvgIpc) is 2.83. The first-order valence-corrected chi connectivity index (χ1v) is 11.2. The zero-order chi connectivity index (χ0) is 24.7. The highest BCUT2D eigenvalue weighted by atomic mass is 32.2. The molecule has 0 atom stereocenters. The van der Waals surface area contributed by atoms with E-state index >= 15 is 0 Å². The Labute approximate surface area is 193 Å². The van der Waals surface area contributed by atoms with Crippen LogP contribution in [0.15, 0.2) is 77.7 Å². The summed E-state index contributed by atoms with van der Waals surface area (Å²) in [6, 6.07) is 16.4. The van der Waals surface area contributed by atoms with Crippen molar-refractivity contribution in [3.05, 3.63) is 99.9 Å². The lowest BCUT2D eigenvalue weighted by Gasteiger charge is -2.09. The molecule has 0 aliphatic rings. The average molecular weight is 487 g/mol. The number of rotatable bonds is 9. The normalized spacial score (nSPS) is 11.0. The van der Waals surface area contributed by atoms with Crippen LogP contribution >= 0.6 is 0 Å². The fourth-order valence-corrected chi connectivity index (χ4v) is 3.83. The first kappa shape index (κ1) is 24.5. The molecule has 0 saturated heterocycles. The zero-order valence-electron chi connectivity index (χ0n) is 17.4. The number of carbonyl (C=O) groups is 2. The molecule has 0 saturated carbocycles. The van der Waals surface area contributed by atoms with Crippen molar-refractivity contribution in [3.63, 3.8) is 0 Å². The number of amides is 1. The third kappa shape index (κ3) is 6.43. The van der Waals surface area contributed by atoms with Crippen molar-refractivity contribution in [1.29, 1.82) is 0 Å². The van der Waals surface area contributed by atoms with Gasteiger partial charge in [0, 0.05) is 18.7 Å². The standard InChI is InChI=1S/C22H18FN3O7S/c23-19-10-9-17(26(29)30)12-20(19)25-21(27)14-33-22(28)16-7-4-8-18(11-16)34(31,32)24-13-15-5-2-1-3-6-15/h1-12,24H,13-14H2,(H,25,27). The van der Waals surface area contributed by atoms with Crippen LogP contribution in [0.1, 0.15) is 15.9 Å². The number of halogens is 1. The molecular formula is C22H18FN3O7S. The van der Waals surface area contributed by atoms with Crippen molar-refractivity contribution < 1.29 is 32.1 Å². The van der Waals surface area contributed by atoms with Crippen LogP contribution in [-0.2, 0) is 26.1 Å². The molecule has 0 aliphatic heterocycles. The molecule has 0 aromatic heterocycles. The highest BCUT2D eigenvalue weighted by Gasteiger charge is 2.18. The van der Waals surface area contributed by atoms with E-state index in [1.54, 1.807) is 30.3 Å². The van der Waals surface area contributed by atoms with E-state index in [2.05, 4.69) is 10.0 Å². The summed E-state index contributed by atoms with van der Waals surface area (Å²) < 4.78 is 46.1. The van der Waals surface area contributed by atoms with Crippen LogP contribution in [0.3, 0.4) is 0 Å². The molecule has 0 unspecified atom stereocenters. The van der Waals surface area contributed by atoms with Gasteiger partial charge in [0.25, 0.3) is 11.6 Å². The number of nitrogens with zero attached hydrogens (tertiary/aromatic N) is 1. The molecule has 0 bridgehead atoms. The van der Waals surface area contributed by atoms with Gasteiger partial charge in [-0.25, -0.2) is 22.3 Å². The Kier molecular flexibility index (Phi) is 7.66. The molecule has 34 heavy (non-hydrogen) atoms. The number of ether oxygens (including phenoxy) is 1. The monoisotopic (exact) mass is 487 g/mol. The van der Waals surface area contributed by atoms with Crippen LogP contribution in [0.2, 0.25) is 0 Å².